The molecule has 0 aromatic carbocycles. The van der Waals surface area contributed by atoms with Gasteiger partial charge in [-0.2, -0.15) is 11.8 Å². The number of thioether (sulfide) groups is 1. The minimum absolute atomic E-state index is 0.217. The third-order valence-corrected chi connectivity index (χ3v) is 2.49. The maximum absolute atomic E-state index is 10.5. The molecule has 0 saturated carbocycles. The summed E-state index contributed by atoms with van der Waals surface area (Å²) in [6.07, 6.45) is 1.40. The van der Waals surface area contributed by atoms with Gasteiger partial charge in [-0.3, -0.25) is 4.79 Å². The maximum Gasteiger partial charge on any atom is 0.234 e. The lowest BCUT2D eigenvalue weighted by atomic mass is 10.2. The summed E-state index contributed by atoms with van der Waals surface area (Å²) in [6, 6.07) is -0.522. The molecule has 1 atom stereocenters. The lowest BCUT2D eigenvalue weighted by Crippen LogP contribution is -2.36. The molecule has 0 fully saturated rings. The van der Waals surface area contributed by atoms with E-state index in [4.69, 9.17) is 16.6 Å². The highest BCUT2D eigenvalue weighted by molar-refractivity contribution is 7.99. The third-order valence-electron chi connectivity index (χ3n) is 1.39. The Hall–Kier alpha value is -0.260. The van der Waals surface area contributed by atoms with Crippen molar-refractivity contribution in [3.8, 4) is 0 Å². The van der Waals surface area contributed by atoms with Gasteiger partial charge >= 0.3 is 0 Å². The number of amides is 1. The fraction of sp³-hybridized carbons (Fsp3) is 0.857. The molecule has 4 nitrogen and oxygen atoms in total. The van der Waals surface area contributed by atoms with E-state index in [1.807, 2.05) is 0 Å². The van der Waals surface area contributed by atoms with E-state index in [0.29, 0.717) is 6.42 Å². The average molecular weight is 192 g/mol. The van der Waals surface area contributed by atoms with Crippen molar-refractivity contribution in [1.82, 2.24) is 0 Å². The molecule has 0 aliphatic heterocycles. The first kappa shape index (κ1) is 11.7. The van der Waals surface area contributed by atoms with Crippen LogP contribution in [-0.2, 0) is 4.79 Å². The molecule has 12 heavy (non-hydrogen) atoms. The number of aliphatic hydroxyl groups is 1. The summed E-state index contributed by atoms with van der Waals surface area (Å²) in [5.74, 6) is 1.28. The van der Waals surface area contributed by atoms with Gasteiger partial charge in [-0.05, 0) is 24.3 Å². The summed E-state index contributed by atoms with van der Waals surface area (Å²) in [5.41, 5.74) is 10.4. The minimum atomic E-state index is -0.522. The molecule has 0 aromatic heterocycles. The summed E-state index contributed by atoms with van der Waals surface area (Å²) in [5, 5.41) is 8.45. The molecule has 1 unspecified atom stereocenters. The Morgan fingerprint density at radius 1 is 1.50 bits per heavy atom. The summed E-state index contributed by atoms with van der Waals surface area (Å²) >= 11 is 1.68. The van der Waals surface area contributed by atoms with Crippen LogP contribution >= 0.6 is 11.8 Å². The predicted octanol–water partition coefficient (Wildman–Crippen LogP) is -0.695. The summed E-state index contributed by atoms with van der Waals surface area (Å²) in [6.45, 7) is 0.217. The number of nitrogens with two attached hydrogens (primary N) is 2. The van der Waals surface area contributed by atoms with Gasteiger partial charge in [0.25, 0.3) is 0 Å². The number of rotatable bonds is 7. The van der Waals surface area contributed by atoms with Crippen molar-refractivity contribution < 1.29 is 9.90 Å². The number of primary amides is 1. The van der Waals surface area contributed by atoms with Gasteiger partial charge in [0, 0.05) is 6.61 Å². The molecule has 5 heteroatoms. The molecule has 0 bridgehead atoms. The van der Waals surface area contributed by atoms with Crippen molar-refractivity contribution in [3.63, 3.8) is 0 Å². The van der Waals surface area contributed by atoms with Gasteiger partial charge < -0.3 is 16.6 Å². The highest BCUT2D eigenvalue weighted by Gasteiger charge is 2.07. The molecular formula is C7H16N2O2S. The van der Waals surface area contributed by atoms with E-state index in [9.17, 15) is 4.79 Å². The average Bonchev–Trinajstić information content (AvgIpc) is 2.03. The topological polar surface area (TPSA) is 89.3 Å². The van der Waals surface area contributed by atoms with Gasteiger partial charge in [-0.1, -0.05) is 0 Å². The quantitative estimate of drug-likeness (QED) is 0.465. The van der Waals surface area contributed by atoms with Crippen LogP contribution in [0.4, 0.5) is 0 Å². The highest BCUT2D eigenvalue weighted by Crippen LogP contribution is 2.05. The van der Waals surface area contributed by atoms with E-state index in [-0.39, 0.29) is 6.61 Å². The maximum atomic E-state index is 10.5. The highest BCUT2D eigenvalue weighted by atomic mass is 32.2. The van der Waals surface area contributed by atoms with Crippen LogP contribution in [0.2, 0.25) is 0 Å². The Bertz CT molecular complexity index is 133. The second-order valence-electron chi connectivity index (χ2n) is 2.49. The Morgan fingerprint density at radius 3 is 2.67 bits per heavy atom. The molecule has 0 aromatic rings. The van der Waals surface area contributed by atoms with Crippen LogP contribution in [0, 0.1) is 0 Å². The zero-order valence-electron chi connectivity index (χ0n) is 7.03. The van der Waals surface area contributed by atoms with Crippen molar-refractivity contribution >= 4 is 17.7 Å². The van der Waals surface area contributed by atoms with E-state index in [2.05, 4.69) is 0 Å². The van der Waals surface area contributed by atoms with Crippen LogP contribution in [0.3, 0.4) is 0 Å². The first-order valence-corrected chi connectivity index (χ1v) is 5.07. The Labute approximate surface area is 76.7 Å². The van der Waals surface area contributed by atoms with Crippen molar-refractivity contribution in [2.24, 2.45) is 11.5 Å². The molecule has 0 rings (SSSR count). The lowest BCUT2D eigenvalue weighted by molar-refractivity contribution is -0.119. The molecule has 0 aliphatic carbocycles. The van der Waals surface area contributed by atoms with Crippen LogP contribution in [0.5, 0.6) is 0 Å². The molecule has 0 aliphatic rings. The van der Waals surface area contributed by atoms with Gasteiger partial charge in [0.05, 0.1) is 6.04 Å². The second kappa shape index (κ2) is 7.39. The molecule has 5 N–H and O–H groups in total. The third kappa shape index (κ3) is 6.45. The van der Waals surface area contributed by atoms with Crippen molar-refractivity contribution in [3.05, 3.63) is 0 Å². The van der Waals surface area contributed by atoms with E-state index in [1.54, 1.807) is 11.8 Å². The molecule has 0 radical (unpaired) electrons. The fourth-order valence-corrected chi connectivity index (χ4v) is 1.58. The first-order chi connectivity index (χ1) is 5.68. The molecule has 0 saturated heterocycles. The molecular weight excluding hydrogens is 176 g/mol. The van der Waals surface area contributed by atoms with Crippen LogP contribution < -0.4 is 11.5 Å². The van der Waals surface area contributed by atoms with E-state index in [0.717, 1.165) is 17.9 Å². The van der Waals surface area contributed by atoms with Gasteiger partial charge in [0.15, 0.2) is 0 Å². The second-order valence-corrected chi connectivity index (χ2v) is 3.71. The molecule has 72 valence electrons. The monoisotopic (exact) mass is 192 g/mol. The van der Waals surface area contributed by atoms with Crippen LogP contribution in [0.1, 0.15) is 12.8 Å². The Balaban J connectivity index is 3.14. The zero-order chi connectivity index (χ0) is 9.40. The van der Waals surface area contributed by atoms with Crippen molar-refractivity contribution in [2.45, 2.75) is 18.9 Å². The minimum Gasteiger partial charge on any atom is -0.396 e. The largest absolute Gasteiger partial charge is 0.396 e. The van der Waals surface area contributed by atoms with Crippen LogP contribution in [-0.4, -0.2) is 35.2 Å². The molecule has 1 amide bonds. The number of hydrogen-bond acceptors (Lipinski definition) is 4. The van der Waals surface area contributed by atoms with E-state index < -0.39 is 11.9 Å². The Kier molecular flexibility index (Phi) is 7.23. The van der Waals surface area contributed by atoms with Gasteiger partial charge in [-0.15, -0.1) is 0 Å². The van der Waals surface area contributed by atoms with Gasteiger partial charge in [0.1, 0.15) is 0 Å². The standard InChI is InChI=1S/C7H16N2O2S/c8-6(7(9)11)2-5-12-4-1-3-10/h6,10H,1-5,8H2,(H2,9,11). The van der Waals surface area contributed by atoms with Crippen molar-refractivity contribution in [2.75, 3.05) is 18.1 Å². The smallest absolute Gasteiger partial charge is 0.234 e. The van der Waals surface area contributed by atoms with Gasteiger partial charge in [-0.25, -0.2) is 0 Å². The Morgan fingerprint density at radius 2 is 2.17 bits per heavy atom. The summed E-state index contributed by atoms with van der Waals surface area (Å²) in [7, 11) is 0. The lowest BCUT2D eigenvalue weighted by Gasteiger charge is -2.05. The number of aliphatic hydroxyl groups excluding tert-OH is 1. The van der Waals surface area contributed by atoms with Crippen molar-refractivity contribution in [1.29, 1.82) is 0 Å². The fourth-order valence-electron chi connectivity index (χ4n) is 0.621. The van der Waals surface area contributed by atoms with E-state index in [1.165, 1.54) is 0 Å². The number of hydrogen-bond donors (Lipinski definition) is 3. The van der Waals surface area contributed by atoms with Crippen LogP contribution in [0.15, 0.2) is 0 Å². The number of carbonyl (C=O) groups excluding carboxylic acids is 1. The summed E-state index contributed by atoms with van der Waals surface area (Å²) < 4.78 is 0. The van der Waals surface area contributed by atoms with Gasteiger partial charge in [0.2, 0.25) is 5.91 Å². The number of carbonyl (C=O) groups is 1. The molecule has 0 heterocycles. The van der Waals surface area contributed by atoms with Crippen LogP contribution in [0.25, 0.3) is 0 Å². The SMILES string of the molecule is NC(=O)C(N)CCSCCCO. The first-order valence-electron chi connectivity index (χ1n) is 3.92. The molecule has 0 spiro atoms. The van der Waals surface area contributed by atoms with E-state index >= 15 is 0 Å². The zero-order valence-corrected chi connectivity index (χ0v) is 7.85. The normalized spacial score (nSPS) is 12.8. The summed E-state index contributed by atoms with van der Waals surface area (Å²) in [4.78, 5) is 10.5. The predicted molar refractivity (Wildman–Crippen MR) is 50.8 cm³/mol.